The predicted molar refractivity (Wildman–Crippen MR) is 113 cm³/mol. The molecule has 2 aromatic carbocycles. The van der Waals surface area contributed by atoms with Gasteiger partial charge in [-0.05, 0) is 24.3 Å². The highest BCUT2D eigenvalue weighted by Gasteiger charge is 2.35. The molecule has 0 aliphatic carbocycles. The lowest BCUT2D eigenvalue weighted by Gasteiger charge is -2.17. The van der Waals surface area contributed by atoms with Gasteiger partial charge in [-0.3, -0.25) is 9.48 Å². The quantitative estimate of drug-likeness (QED) is 0.430. The molecule has 2 aromatic heterocycles. The number of nitrogens with two attached hydrogens (primary N) is 1. The van der Waals surface area contributed by atoms with Crippen LogP contribution in [-0.2, 0) is 13.2 Å². The molecule has 2 heterocycles. The number of benzene rings is 2. The van der Waals surface area contributed by atoms with Gasteiger partial charge in [0, 0.05) is 24.4 Å². The molecular weight excluding hydrogens is 440 g/mol. The van der Waals surface area contributed by atoms with Gasteiger partial charge in [-0.1, -0.05) is 30.3 Å². The van der Waals surface area contributed by atoms with Gasteiger partial charge in [0.2, 0.25) is 0 Å². The van der Waals surface area contributed by atoms with Crippen LogP contribution in [0.5, 0.6) is 0 Å². The van der Waals surface area contributed by atoms with Crippen LogP contribution in [0.25, 0.3) is 22.5 Å². The molecule has 4 rings (SSSR count). The predicted octanol–water partition coefficient (Wildman–Crippen LogP) is 4.54. The minimum atomic E-state index is -4.81. The fourth-order valence-electron chi connectivity index (χ4n) is 3.24. The van der Waals surface area contributed by atoms with Crippen molar-refractivity contribution in [3.63, 3.8) is 0 Å². The molecule has 7 nitrogen and oxygen atoms in total. The number of aromatic nitrogens is 4. The van der Waals surface area contributed by atoms with Gasteiger partial charge in [-0.15, -0.1) is 10.2 Å². The molecule has 3 N–H and O–H groups in total. The van der Waals surface area contributed by atoms with E-state index < -0.39 is 23.5 Å². The third-order valence-corrected chi connectivity index (χ3v) is 4.77. The molecule has 11 heteroatoms. The second kappa shape index (κ2) is 8.34. The van der Waals surface area contributed by atoms with E-state index in [1.165, 1.54) is 23.0 Å². The second-order valence-corrected chi connectivity index (χ2v) is 7.10. The minimum Gasteiger partial charge on any atom is -0.364 e. The average molecular weight is 456 g/mol. The van der Waals surface area contributed by atoms with E-state index in [2.05, 4.69) is 20.6 Å². The van der Waals surface area contributed by atoms with Gasteiger partial charge in [-0.2, -0.15) is 18.3 Å². The fraction of sp³-hybridized carbons (Fsp3) is 0.0909. The van der Waals surface area contributed by atoms with Crippen LogP contribution < -0.4 is 11.1 Å². The van der Waals surface area contributed by atoms with Gasteiger partial charge in [0.1, 0.15) is 11.5 Å². The van der Waals surface area contributed by atoms with E-state index in [0.29, 0.717) is 11.6 Å². The molecule has 0 aliphatic heterocycles. The Bertz CT molecular complexity index is 1330. The Balaban J connectivity index is 1.87. The van der Waals surface area contributed by atoms with Gasteiger partial charge in [-0.25, -0.2) is 4.39 Å². The SMILES string of the molecule is Cn1ccc(-c2cc(Nc3cc(C(N)=O)nnc3-c3ccccc3)c(F)cc2C(F)(F)F)n1. The molecule has 0 aliphatic rings. The van der Waals surface area contributed by atoms with Crippen LogP contribution >= 0.6 is 0 Å². The van der Waals surface area contributed by atoms with E-state index in [0.717, 1.165) is 6.07 Å². The number of carbonyl (C=O) groups excluding carboxylic acids is 1. The number of rotatable bonds is 5. The smallest absolute Gasteiger partial charge is 0.364 e. The normalized spacial score (nSPS) is 11.4. The molecule has 0 saturated heterocycles. The summed E-state index contributed by atoms with van der Waals surface area (Å²) in [7, 11) is 1.56. The van der Waals surface area contributed by atoms with Gasteiger partial charge in [0.25, 0.3) is 5.91 Å². The van der Waals surface area contributed by atoms with E-state index in [1.54, 1.807) is 37.4 Å². The van der Waals surface area contributed by atoms with Crippen LogP contribution in [0.1, 0.15) is 16.1 Å². The highest BCUT2D eigenvalue weighted by molar-refractivity contribution is 5.93. The average Bonchev–Trinajstić information content (AvgIpc) is 3.21. The van der Waals surface area contributed by atoms with Crippen molar-refractivity contribution < 1.29 is 22.4 Å². The Kier molecular flexibility index (Phi) is 5.54. The molecule has 0 fully saturated rings. The van der Waals surface area contributed by atoms with Crippen molar-refractivity contribution in [1.29, 1.82) is 0 Å². The first-order valence-electron chi connectivity index (χ1n) is 9.54. The number of anilines is 2. The Labute approximate surface area is 184 Å². The van der Waals surface area contributed by atoms with Crippen molar-refractivity contribution in [1.82, 2.24) is 20.0 Å². The number of nitrogens with zero attached hydrogens (tertiary/aromatic N) is 4. The number of amides is 1. The summed E-state index contributed by atoms with van der Waals surface area (Å²) in [4.78, 5) is 11.6. The summed E-state index contributed by atoms with van der Waals surface area (Å²) in [6, 6.07) is 12.7. The van der Waals surface area contributed by atoms with E-state index in [9.17, 15) is 22.4 Å². The summed E-state index contributed by atoms with van der Waals surface area (Å²) in [5, 5.41) is 14.5. The third kappa shape index (κ3) is 4.52. The molecule has 0 spiro atoms. The maximum absolute atomic E-state index is 14.8. The largest absolute Gasteiger partial charge is 0.417 e. The van der Waals surface area contributed by atoms with Crippen LogP contribution in [-0.4, -0.2) is 25.9 Å². The number of primary amides is 1. The molecule has 0 saturated carbocycles. The summed E-state index contributed by atoms with van der Waals surface area (Å²) in [6.45, 7) is 0. The van der Waals surface area contributed by atoms with E-state index in [-0.39, 0.29) is 34.0 Å². The zero-order chi connectivity index (χ0) is 23.8. The third-order valence-electron chi connectivity index (χ3n) is 4.77. The lowest BCUT2D eigenvalue weighted by atomic mass is 10.0. The highest BCUT2D eigenvalue weighted by Crippen LogP contribution is 2.40. The molecule has 4 aromatic rings. The zero-order valence-electron chi connectivity index (χ0n) is 17.1. The van der Waals surface area contributed by atoms with E-state index >= 15 is 0 Å². The van der Waals surface area contributed by atoms with Crippen LogP contribution in [0.2, 0.25) is 0 Å². The molecule has 0 unspecified atom stereocenters. The number of carbonyl (C=O) groups is 1. The standard InChI is InChI=1S/C22H16F4N6O/c1-32-8-7-16(31-32)13-9-17(15(23)10-14(13)22(24,25)26)28-18-11-19(21(27)33)29-30-20(18)12-5-3-2-4-6-12/h2-11H,1H3,(H2,27,33)(H,28,29). The second-order valence-electron chi connectivity index (χ2n) is 7.10. The summed E-state index contributed by atoms with van der Waals surface area (Å²) in [5.74, 6) is -2.02. The number of hydrogen-bond acceptors (Lipinski definition) is 5. The summed E-state index contributed by atoms with van der Waals surface area (Å²) in [5.41, 5.74) is 4.31. The monoisotopic (exact) mass is 456 g/mol. The Hall–Kier alpha value is -4.28. The lowest BCUT2D eigenvalue weighted by molar-refractivity contribution is -0.137. The minimum absolute atomic E-state index is 0.0156. The van der Waals surface area contributed by atoms with E-state index in [4.69, 9.17) is 5.73 Å². The van der Waals surface area contributed by atoms with Gasteiger partial charge in [0.05, 0.1) is 22.6 Å². The van der Waals surface area contributed by atoms with E-state index in [1.807, 2.05) is 0 Å². The van der Waals surface area contributed by atoms with Crippen molar-refractivity contribution in [2.75, 3.05) is 5.32 Å². The number of aryl methyl sites for hydroxylation is 1. The highest BCUT2D eigenvalue weighted by atomic mass is 19.4. The molecule has 0 radical (unpaired) electrons. The van der Waals surface area contributed by atoms with Crippen molar-refractivity contribution >= 4 is 17.3 Å². The van der Waals surface area contributed by atoms with Crippen molar-refractivity contribution in [2.24, 2.45) is 12.8 Å². The Morgan fingerprint density at radius 1 is 1.03 bits per heavy atom. The van der Waals surface area contributed by atoms with Crippen LogP contribution in [0.15, 0.2) is 60.8 Å². The number of nitrogens with one attached hydrogen (secondary N) is 1. The summed E-state index contributed by atoms with van der Waals surface area (Å²) >= 11 is 0. The van der Waals surface area contributed by atoms with Crippen LogP contribution in [0.3, 0.4) is 0 Å². The van der Waals surface area contributed by atoms with Gasteiger partial charge < -0.3 is 11.1 Å². The topological polar surface area (TPSA) is 98.7 Å². The Morgan fingerprint density at radius 2 is 1.76 bits per heavy atom. The first-order chi connectivity index (χ1) is 15.6. The number of hydrogen-bond donors (Lipinski definition) is 2. The number of alkyl halides is 3. The fourth-order valence-corrected chi connectivity index (χ4v) is 3.24. The summed E-state index contributed by atoms with van der Waals surface area (Å²) in [6.07, 6.45) is -3.33. The molecule has 33 heavy (non-hydrogen) atoms. The zero-order valence-corrected chi connectivity index (χ0v) is 17.1. The van der Waals surface area contributed by atoms with Crippen LogP contribution in [0.4, 0.5) is 28.9 Å². The van der Waals surface area contributed by atoms with Crippen molar-refractivity contribution in [3.8, 4) is 22.5 Å². The maximum atomic E-state index is 14.8. The van der Waals surface area contributed by atoms with Crippen molar-refractivity contribution in [3.05, 3.63) is 77.9 Å². The molecular formula is C22H16F4N6O. The first kappa shape index (κ1) is 21.9. The van der Waals surface area contributed by atoms with Gasteiger partial charge in [0.15, 0.2) is 5.69 Å². The molecule has 1 amide bonds. The number of halogens is 4. The Morgan fingerprint density at radius 3 is 2.36 bits per heavy atom. The van der Waals surface area contributed by atoms with Crippen molar-refractivity contribution in [2.45, 2.75) is 6.18 Å². The summed E-state index contributed by atoms with van der Waals surface area (Å²) < 4.78 is 57.0. The first-order valence-corrected chi connectivity index (χ1v) is 9.54. The van der Waals surface area contributed by atoms with Gasteiger partial charge >= 0.3 is 6.18 Å². The molecule has 0 bridgehead atoms. The maximum Gasteiger partial charge on any atom is 0.417 e. The molecule has 168 valence electrons. The lowest BCUT2D eigenvalue weighted by Crippen LogP contribution is -2.15. The van der Waals surface area contributed by atoms with Crippen LogP contribution in [0, 0.1) is 5.82 Å². The molecule has 0 atom stereocenters.